The van der Waals surface area contributed by atoms with Gasteiger partial charge in [0.2, 0.25) is 17.6 Å². The van der Waals surface area contributed by atoms with Crippen molar-refractivity contribution in [2.45, 2.75) is 72.0 Å². The van der Waals surface area contributed by atoms with Crippen LogP contribution in [0, 0.1) is 30.1 Å². The van der Waals surface area contributed by atoms with Crippen molar-refractivity contribution in [3.05, 3.63) is 64.3 Å². The normalized spacial score (nSPS) is 21.8. The summed E-state index contributed by atoms with van der Waals surface area (Å²) < 4.78 is 6.94. The van der Waals surface area contributed by atoms with Gasteiger partial charge in [-0.05, 0) is 67.6 Å². The van der Waals surface area contributed by atoms with Gasteiger partial charge in [-0.3, -0.25) is 28.8 Å². The average molecular weight is 640 g/mol. The van der Waals surface area contributed by atoms with Gasteiger partial charge >= 0.3 is 0 Å². The van der Waals surface area contributed by atoms with Crippen LogP contribution in [-0.4, -0.2) is 53.1 Å². The highest BCUT2D eigenvalue weighted by Gasteiger charge is 2.56. The minimum atomic E-state index is -1.30. The van der Waals surface area contributed by atoms with Crippen LogP contribution in [0.4, 0.5) is 5.69 Å². The monoisotopic (exact) mass is 639 g/mol. The molecule has 2 aromatic heterocycles. The van der Waals surface area contributed by atoms with Crippen molar-refractivity contribution < 1.29 is 34.1 Å². The van der Waals surface area contributed by atoms with Crippen molar-refractivity contribution in [2.75, 3.05) is 12.4 Å². The fourth-order valence-corrected chi connectivity index (χ4v) is 7.14. The number of fused-ring (bicyclic) bond motifs is 3. The van der Waals surface area contributed by atoms with Crippen molar-refractivity contribution in [1.82, 2.24) is 20.5 Å². The summed E-state index contributed by atoms with van der Waals surface area (Å²) in [4.78, 5) is 77.1. The molecular weight excluding hydrogens is 590 g/mol. The van der Waals surface area contributed by atoms with E-state index in [1.807, 2.05) is 6.07 Å². The van der Waals surface area contributed by atoms with Gasteiger partial charge in [-0.15, -0.1) is 0 Å². The maximum atomic E-state index is 13.5. The summed E-state index contributed by atoms with van der Waals surface area (Å²) in [6.45, 7) is 8.23. The smallest absolute Gasteiger partial charge is 0.287 e. The van der Waals surface area contributed by atoms with Gasteiger partial charge in [0.25, 0.3) is 17.4 Å². The van der Waals surface area contributed by atoms with Gasteiger partial charge in [0.05, 0.1) is 0 Å². The summed E-state index contributed by atoms with van der Waals surface area (Å²) in [5.74, 6) is -1.91. The number of aromatic nitrogens is 1. The Hall–Kier alpha value is -4.74. The van der Waals surface area contributed by atoms with E-state index in [1.54, 1.807) is 25.1 Å². The van der Waals surface area contributed by atoms with E-state index >= 15 is 0 Å². The van der Waals surface area contributed by atoms with E-state index in [0.717, 1.165) is 11.8 Å². The first-order valence-corrected chi connectivity index (χ1v) is 15.6. The van der Waals surface area contributed by atoms with E-state index in [2.05, 4.69) is 42.0 Å². The summed E-state index contributed by atoms with van der Waals surface area (Å²) in [6.07, 6.45) is 3.00. The Kier molecular flexibility index (Phi) is 9.18. The number of ketones is 1. The Morgan fingerprint density at radius 2 is 1.83 bits per heavy atom. The van der Waals surface area contributed by atoms with Crippen molar-refractivity contribution >= 4 is 46.1 Å². The zero-order valence-electron chi connectivity index (χ0n) is 26.8. The lowest BCUT2D eigenvalue weighted by Crippen LogP contribution is -2.60. The molecule has 3 saturated carbocycles. The van der Waals surface area contributed by atoms with Crippen LogP contribution in [0.1, 0.15) is 68.3 Å². The quantitative estimate of drug-likeness (QED) is 0.231. The molecule has 4 amide bonds. The Morgan fingerprint density at radius 1 is 1.09 bits per heavy atom. The molecule has 0 saturated heterocycles. The van der Waals surface area contributed by atoms with Crippen LogP contribution in [0.3, 0.4) is 0 Å². The molecule has 0 aliphatic heterocycles. The number of nitrogens with zero attached hydrogens (tertiary/aromatic N) is 1. The van der Waals surface area contributed by atoms with Crippen LogP contribution < -0.4 is 26.8 Å². The highest BCUT2D eigenvalue weighted by Crippen LogP contribution is 2.61. The predicted octanol–water partition coefficient (Wildman–Crippen LogP) is 3.91. The molecule has 2 bridgehead atoms. The fraction of sp³-hybridized carbons (Fsp3) is 0.471. The van der Waals surface area contributed by atoms with Crippen molar-refractivity contribution in [3.8, 4) is 0 Å². The van der Waals surface area contributed by atoms with Gasteiger partial charge in [-0.2, -0.15) is 0 Å². The minimum absolute atomic E-state index is 0. The number of nitrogens with one attached hydrogen (secondary N) is 4. The zero-order chi connectivity index (χ0) is 33.3. The molecule has 4 N–H and O–H groups in total. The summed E-state index contributed by atoms with van der Waals surface area (Å²) in [5, 5.41) is 11.2. The molecule has 2 unspecified atom stereocenters. The molecule has 12 nitrogen and oxygen atoms in total. The van der Waals surface area contributed by atoms with Crippen LogP contribution in [0.2, 0.25) is 0 Å². The Morgan fingerprint density at radius 3 is 2.50 bits per heavy atom. The number of amides is 4. The molecule has 1 aromatic carbocycles. The molecule has 3 aliphatic rings. The summed E-state index contributed by atoms with van der Waals surface area (Å²) in [6, 6.07) is 8.76. The molecular formula is C34H49N5O7. The fourth-order valence-electron chi connectivity index (χ4n) is 7.14. The van der Waals surface area contributed by atoms with Crippen LogP contribution in [-0.2, 0) is 25.7 Å². The van der Waals surface area contributed by atoms with E-state index < -0.39 is 35.1 Å². The van der Waals surface area contributed by atoms with Gasteiger partial charge in [-0.25, -0.2) is 0 Å². The number of rotatable bonds is 11. The number of benzene rings is 1. The van der Waals surface area contributed by atoms with Crippen molar-refractivity contribution in [3.63, 3.8) is 0 Å². The zero-order valence-corrected chi connectivity index (χ0v) is 26.8. The van der Waals surface area contributed by atoms with E-state index in [4.69, 9.17) is 4.42 Å². The molecule has 2 heterocycles. The van der Waals surface area contributed by atoms with Crippen molar-refractivity contribution in [2.24, 2.45) is 23.2 Å². The number of Topliss-reactive ketones (excluding diaryl/α,β-unsaturated/α-hetero) is 1. The highest BCUT2D eigenvalue weighted by molar-refractivity contribution is 6.36. The third-order valence-electron chi connectivity index (χ3n) is 10.1. The number of pyridine rings is 1. The third-order valence-corrected chi connectivity index (χ3v) is 10.1. The second-order valence-electron chi connectivity index (χ2n) is 13.1. The maximum Gasteiger partial charge on any atom is 0.287 e. The van der Waals surface area contributed by atoms with Crippen LogP contribution in [0.25, 0.3) is 11.0 Å². The number of likely N-dealkylation sites (N-methyl/N-ethyl adjacent to an activating group) is 1. The molecule has 0 radical (unpaired) electrons. The van der Waals surface area contributed by atoms with E-state index in [9.17, 15) is 28.8 Å². The minimum Gasteiger partial charge on any atom is -0.451 e. The van der Waals surface area contributed by atoms with Crippen LogP contribution >= 0.6 is 0 Å². The Labute approximate surface area is 272 Å². The number of aryl methyl sites for hydroxylation is 1. The highest BCUT2D eigenvalue weighted by atomic mass is 16.3. The molecule has 46 heavy (non-hydrogen) atoms. The van der Waals surface area contributed by atoms with E-state index in [0.29, 0.717) is 28.9 Å². The lowest BCUT2D eigenvalue weighted by Gasteiger charge is -2.62. The summed E-state index contributed by atoms with van der Waals surface area (Å²) in [7, 11) is 1.32. The van der Waals surface area contributed by atoms with Crippen LogP contribution in [0.5, 0.6) is 0 Å². The van der Waals surface area contributed by atoms with E-state index in [1.165, 1.54) is 36.4 Å². The predicted molar refractivity (Wildman–Crippen MR) is 179 cm³/mol. The first kappa shape index (κ1) is 32.6. The van der Waals surface area contributed by atoms with Gasteiger partial charge in [0, 0.05) is 42.4 Å². The number of para-hydroxylation sites is 1. The molecule has 12 heteroatoms. The van der Waals surface area contributed by atoms with Crippen LogP contribution in [0.15, 0.2) is 51.8 Å². The standard InChI is InChI=1S/C34H41N5O7.4H2/c1-18-21-9-6-7-11-27(21)46-29(18)32(44)37-23(12-13-26(40)31(43)35-5)30(42)38-24-10-8-14-39(33(24)45)17-28(41)36-25-16-20-15-22(19(25)2)34(20,3)4;;;;/h6-11,14,19-20,22-23,25H,12-13,15-17H2,1-5H3,(H,35,43)(H,36,41)(H,37,44)(H,38,42);4*1H/t19-,20?,22?,23-,25-;;;;/m0..../s1. The number of hydrogen-bond acceptors (Lipinski definition) is 7. The Balaban J connectivity index is 0.00000312. The lowest BCUT2D eigenvalue weighted by atomic mass is 9.45. The number of anilines is 1. The lowest BCUT2D eigenvalue weighted by molar-refractivity contribution is -0.137. The Bertz CT molecular complexity index is 1780. The number of carbonyl (C=O) groups is 5. The van der Waals surface area contributed by atoms with E-state index in [-0.39, 0.29) is 53.9 Å². The summed E-state index contributed by atoms with van der Waals surface area (Å²) >= 11 is 0. The topological polar surface area (TPSA) is 169 Å². The third kappa shape index (κ3) is 6.33. The molecule has 3 fully saturated rings. The molecule has 0 spiro atoms. The maximum absolute atomic E-state index is 13.5. The first-order chi connectivity index (χ1) is 21.8. The number of carbonyl (C=O) groups excluding carboxylic acids is 5. The second kappa shape index (κ2) is 12.9. The average Bonchev–Trinajstić information content (AvgIpc) is 3.37. The van der Waals surface area contributed by atoms with Gasteiger partial charge in [0.15, 0.2) is 5.76 Å². The first-order valence-electron chi connectivity index (χ1n) is 15.6. The largest absolute Gasteiger partial charge is 0.451 e. The SMILES string of the molecule is CNC(=O)C(=O)CC[C@H](NC(=O)c1oc2ccccc2c1C)C(=O)Nc1cccn(CC(=O)N[C@H]2CC3CC([C@@H]2C)C3(C)C)c1=O.[HH].[HH].[HH].[HH]. The molecule has 6 rings (SSSR count). The molecule has 5 atom stereocenters. The number of hydrogen-bond donors (Lipinski definition) is 4. The molecule has 252 valence electrons. The molecule has 3 aliphatic carbocycles. The van der Waals surface area contributed by atoms with Gasteiger partial charge < -0.3 is 30.3 Å². The van der Waals surface area contributed by atoms with Crippen molar-refractivity contribution in [1.29, 1.82) is 0 Å². The summed E-state index contributed by atoms with van der Waals surface area (Å²) in [5.41, 5.74) is 0.634. The van der Waals surface area contributed by atoms with Gasteiger partial charge in [-0.1, -0.05) is 39.0 Å². The second-order valence-corrected chi connectivity index (χ2v) is 13.1. The number of furan rings is 1. The molecule has 3 aromatic rings. The van der Waals surface area contributed by atoms with Gasteiger partial charge in [0.1, 0.15) is 23.9 Å².